The van der Waals surface area contributed by atoms with Gasteiger partial charge >= 0.3 is 0 Å². The van der Waals surface area contributed by atoms with Crippen LogP contribution in [0.3, 0.4) is 0 Å². The largest absolute Gasteiger partial charge is 0.311 e. The van der Waals surface area contributed by atoms with Crippen molar-refractivity contribution in [3.8, 4) is 0 Å². The van der Waals surface area contributed by atoms with Crippen LogP contribution < -0.4 is 10.6 Å². The van der Waals surface area contributed by atoms with Gasteiger partial charge in [-0.05, 0) is 25.7 Å². The average Bonchev–Trinajstić information content (AvgIpc) is 3.03. The van der Waals surface area contributed by atoms with E-state index in [1.54, 1.807) is 6.20 Å². The lowest BCUT2D eigenvalue weighted by molar-refractivity contribution is -0.120. The van der Waals surface area contributed by atoms with Crippen molar-refractivity contribution < 1.29 is 4.79 Å². The summed E-state index contributed by atoms with van der Waals surface area (Å²) in [6.07, 6.45) is 5.98. The van der Waals surface area contributed by atoms with E-state index in [0.717, 1.165) is 30.6 Å². The number of aromatic amines is 1. The number of aryl methyl sites for hydroxylation is 1. The number of hydrogen-bond donors (Lipinski definition) is 3. The number of rotatable bonds is 3. The topological polar surface area (TPSA) is 69.8 Å². The zero-order chi connectivity index (χ0) is 11.8. The monoisotopic (exact) mass is 234 g/mol. The van der Waals surface area contributed by atoms with Crippen LogP contribution in [0.25, 0.3) is 0 Å². The molecule has 3 atom stereocenters. The van der Waals surface area contributed by atoms with E-state index < -0.39 is 0 Å². The van der Waals surface area contributed by atoms with Gasteiger partial charge in [-0.1, -0.05) is 6.92 Å². The molecule has 0 aromatic carbocycles. The fourth-order valence-corrected chi connectivity index (χ4v) is 3.02. The van der Waals surface area contributed by atoms with Crippen molar-refractivity contribution in [2.24, 2.45) is 5.92 Å². The lowest BCUT2D eigenvalue weighted by Gasteiger charge is -2.19. The number of nitrogens with one attached hydrogen (secondary N) is 3. The standard InChI is InChI=1S/C12H18N4O/c1-2-7-6-13-16-11(7)15-12(17)9-5-8-3-4-10(9)14-8/h6,8-10,14H,2-5H2,1H3,(H2,13,15,16,17). The van der Waals surface area contributed by atoms with Crippen LogP contribution in [0, 0.1) is 5.92 Å². The molecule has 3 unspecified atom stereocenters. The minimum absolute atomic E-state index is 0.127. The van der Waals surface area contributed by atoms with Gasteiger partial charge in [-0.3, -0.25) is 9.89 Å². The van der Waals surface area contributed by atoms with E-state index in [9.17, 15) is 4.79 Å². The quantitative estimate of drug-likeness (QED) is 0.732. The van der Waals surface area contributed by atoms with Crippen molar-refractivity contribution in [2.75, 3.05) is 5.32 Å². The maximum atomic E-state index is 12.2. The second kappa shape index (κ2) is 4.14. The first-order valence-corrected chi connectivity index (χ1v) is 6.37. The van der Waals surface area contributed by atoms with Crippen LogP contribution in [0.5, 0.6) is 0 Å². The zero-order valence-corrected chi connectivity index (χ0v) is 9.99. The van der Waals surface area contributed by atoms with E-state index in [4.69, 9.17) is 0 Å². The van der Waals surface area contributed by atoms with Crippen molar-refractivity contribution in [1.82, 2.24) is 15.5 Å². The predicted molar refractivity (Wildman–Crippen MR) is 64.6 cm³/mol. The highest BCUT2D eigenvalue weighted by Gasteiger charge is 2.42. The minimum Gasteiger partial charge on any atom is -0.311 e. The number of fused-ring (bicyclic) bond motifs is 2. The molecule has 0 radical (unpaired) electrons. The molecule has 2 aliphatic rings. The van der Waals surface area contributed by atoms with E-state index in [-0.39, 0.29) is 11.8 Å². The summed E-state index contributed by atoms with van der Waals surface area (Å²) in [7, 11) is 0. The Hall–Kier alpha value is -1.36. The number of carbonyl (C=O) groups excluding carboxylic acids is 1. The maximum absolute atomic E-state index is 12.2. The van der Waals surface area contributed by atoms with Gasteiger partial charge in [0, 0.05) is 17.6 Å². The molecule has 1 aromatic heterocycles. The molecule has 17 heavy (non-hydrogen) atoms. The van der Waals surface area contributed by atoms with Gasteiger partial charge in [0.15, 0.2) is 0 Å². The molecule has 5 heteroatoms. The van der Waals surface area contributed by atoms with Gasteiger partial charge in [0.05, 0.1) is 12.1 Å². The summed E-state index contributed by atoms with van der Waals surface area (Å²) < 4.78 is 0. The van der Waals surface area contributed by atoms with Crippen LogP contribution >= 0.6 is 0 Å². The number of amides is 1. The van der Waals surface area contributed by atoms with E-state index in [0.29, 0.717) is 12.1 Å². The number of carbonyl (C=O) groups is 1. The highest BCUT2D eigenvalue weighted by atomic mass is 16.2. The Morgan fingerprint density at radius 3 is 3.12 bits per heavy atom. The third-order valence-electron chi connectivity index (χ3n) is 3.98. The molecular formula is C12H18N4O. The van der Waals surface area contributed by atoms with Gasteiger partial charge in [0.2, 0.25) is 5.91 Å². The molecule has 3 heterocycles. The molecule has 0 spiro atoms. The third-order valence-corrected chi connectivity index (χ3v) is 3.98. The molecule has 0 saturated carbocycles. The Bertz CT molecular complexity index is 428. The highest BCUT2D eigenvalue weighted by Crippen LogP contribution is 2.33. The summed E-state index contributed by atoms with van der Waals surface area (Å²) in [6.45, 7) is 2.06. The SMILES string of the molecule is CCc1cn[nH]c1NC(=O)C1CC2CCC1N2. The summed E-state index contributed by atoms with van der Waals surface area (Å²) in [5.41, 5.74) is 1.06. The molecule has 1 amide bonds. The van der Waals surface area contributed by atoms with E-state index in [2.05, 4.69) is 27.8 Å². The number of hydrogen-bond acceptors (Lipinski definition) is 3. The summed E-state index contributed by atoms with van der Waals surface area (Å²) >= 11 is 0. The first-order chi connectivity index (χ1) is 8.28. The molecule has 2 bridgehead atoms. The molecule has 2 aliphatic heterocycles. The summed E-state index contributed by atoms with van der Waals surface area (Å²) in [5.74, 6) is 1.02. The van der Waals surface area contributed by atoms with Gasteiger partial charge in [0.1, 0.15) is 5.82 Å². The van der Waals surface area contributed by atoms with E-state index >= 15 is 0 Å². The average molecular weight is 234 g/mol. The van der Waals surface area contributed by atoms with Gasteiger partial charge < -0.3 is 10.6 Å². The number of nitrogens with zero attached hydrogens (tertiary/aromatic N) is 1. The lowest BCUT2D eigenvalue weighted by atomic mass is 9.88. The predicted octanol–water partition coefficient (Wildman–Crippen LogP) is 1.05. The van der Waals surface area contributed by atoms with Gasteiger partial charge in [0.25, 0.3) is 0 Å². The summed E-state index contributed by atoms with van der Waals surface area (Å²) in [5, 5.41) is 13.3. The molecule has 2 saturated heterocycles. The van der Waals surface area contributed by atoms with Crippen molar-refractivity contribution in [3.05, 3.63) is 11.8 Å². The van der Waals surface area contributed by atoms with E-state index in [1.165, 1.54) is 6.42 Å². The van der Waals surface area contributed by atoms with Crippen LogP contribution in [0.2, 0.25) is 0 Å². The fraction of sp³-hybridized carbons (Fsp3) is 0.667. The second-order valence-electron chi connectivity index (χ2n) is 5.00. The zero-order valence-electron chi connectivity index (χ0n) is 9.99. The molecule has 3 N–H and O–H groups in total. The van der Waals surface area contributed by atoms with Crippen molar-refractivity contribution in [1.29, 1.82) is 0 Å². The van der Waals surface area contributed by atoms with Crippen molar-refractivity contribution in [3.63, 3.8) is 0 Å². The highest BCUT2D eigenvalue weighted by molar-refractivity contribution is 5.93. The molecule has 1 aromatic rings. The number of anilines is 1. The van der Waals surface area contributed by atoms with Crippen molar-refractivity contribution in [2.45, 2.75) is 44.7 Å². The first-order valence-electron chi connectivity index (χ1n) is 6.37. The summed E-state index contributed by atoms with van der Waals surface area (Å²) in [4.78, 5) is 12.2. The smallest absolute Gasteiger partial charge is 0.230 e. The van der Waals surface area contributed by atoms with Crippen LogP contribution in [0.15, 0.2) is 6.20 Å². The van der Waals surface area contributed by atoms with Gasteiger partial charge in [-0.2, -0.15) is 5.10 Å². The van der Waals surface area contributed by atoms with Gasteiger partial charge in [-0.15, -0.1) is 0 Å². The minimum atomic E-state index is 0.127. The third kappa shape index (κ3) is 1.84. The molecule has 92 valence electrons. The molecule has 2 fully saturated rings. The van der Waals surface area contributed by atoms with Crippen LogP contribution in [0.4, 0.5) is 5.82 Å². The van der Waals surface area contributed by atoms with Gasteiger partial charge in [-0.25, -0.2) is 0 Å². The molecular weight excluding hydrogens is 216 g/mol. The lowest BCUT2D eigenvalue weighted by Crippen LogP contribution is -2.33. The maximum Gasteiger partial charge on any atom is 0.230 e. The first kappa shape index (κ1) is 10.8. The molecule has 0 aliphatic carbocycles. The molecule has 3 rings (SSSR count). The van der Waals surface area contributed by atoms with Crippen LogP contribution in [-0.4, -0.2) is 28.2 Å². The van der Waals surface area contributed by atoms with E-state index in [1.807, 2.05) is 0 Å². The fourth-order valence-electron chi connectivity index (χ4n) is 3.02. The Kier molecular flexibility index (Phi) is 2.63. The Labute approximate surface area is 100 Å². The Morgan fingerprint density at radius 1 is 1.59 bits per heavy atom. The number of H-pyrrole nitrogens is 1. The Balaban J connectivity index is 1.68. The Morgan fingerprint density at radius 2 is 2.47 bits per heavy atom. The molecule has 5 nitrogen and oxygen atoms in total. The van der Waals surface area contributed by atoms with Crippen LogP contribution in [0.1, 0.15) is 31.7 Å². The van der Waals surface area contributed by atoms with Crippen molar-refractivity contribution >= 4 is 11.7 Å². The second-order valence-corrected chi connectivity index (χ2v) is 5.00. The van der Waals surface area contributed by atoms with Crippen LogP contribution in [-0.2, 0) is 11.2 Å². The summed E-state index contributed by atoms with van der Waals surface area (Å²) in [6, 6.07) is 0.941. The number of aromatic nitrogens is 2. The normalized spacial score (nSPS) is 30.8.